The summed E-state index contributed by atoms with van der Waals surface area (Å²) in [5.74, 6) is 0.228. The monoisotopic (exact) mass is 308 g/mol. The van der Waals surface area contributed by atoms with Crippen molar-refractivity contribution in [3.63, 3.8) is 0 Å². The van der Waals surface area contributed by atoms with Crippen LogP contribution in [0, 0.1) is 0 Å². The van der Waals surface area contributed by atoms with Gasteiger partial charge in [-0.25, -0.2) is 10.0 Å². The summed E-state index contributed by atoms with van der Waals surface area (Å²) in [4.78, 5) is 16.0. The summed E-state index contributed by atoms with van der Waals surface area (Å²) in [6.45, 7) is 3.06. The number of hydroxylamine groups is 1. The van der Waals surface area contributed by atoms with Crippen molar-refractivity contribution in [3.05, 3.63) is 18.2 Å². The number of quaternary nitrogens is 1. The van der Waals surface area contributed by atoms with Gasteiger partial charge in [0.25, 0.3) is 6.21 Å². The van der Waals surface area contributed by atoms with Gasteiger partial charge in [-0.05, 0) is 13.1 Å². The number of carbonyl (C=O) groups excluding carboxylic acids is 1. The number of para-hydroxylation sites is 1. The summed E-state index contributed by atoms with van der Waals surface area (Å²) >= 11 is 0. The Balaban J connectivity index is 1.80. The van der Waals surface area contributed by atoms with Crippen molar-refractivity contribution in [2.75, 3.05) is 39.8 Å². The average molecular weight is 308 g/mol. The van der Waals surface area contributed by atoms with Crippen molar-refractivity contribution >= 4 is 23.7 Å². The number of fused-ring (bicyclic) bond motifs is 1. The lowest BCUT2D eigenvalue weighted by molar-refractivity contribution is -1.03. The minimum absolute atomic E-state index is 0.137. The number of amides is 1. The molecule has 1 atom stereocenters. The van der Waals surface area contributed by atoms with Gasteiger partial charge >= 0.3 is 11.8 Å². The molecule has 0 bridgehead atoms. The second-order valence-corrected chi connectivity index (χ2v) is 5.49. The molecule has 0 aromatic heterocycles. The molecule has 1 aromatic carbocycles. The normalized spacial score (nSPS) is 22.0. The smallest absolute Gasteiger partial charge is 0.403 e. The molecule has 2 heterocycles. The molecule has 1 aromatic rings. The Labute approximate surface area is 127 Å². The summed E-state index contributed by atoms with van der Waals surface area (Å²) in [7, 11) is 2.01. The number of benzene rings is 1. The number of likely N-dealkylation sites (N-methyl/N-ethyl adjacent to an activating group) is 1. The predicted octanol–water partition coefficient (Wildman–Crippen LogP) is -0.544. The number of nitrogens with one attached hydrogen (secondary N) is 1. The van der Waals surface area contributed by atoms with Gasteiger partial charge in [0.05, 0.1) is 0 Å². The van der Waals surface area contributed by atoms with E-state index < -0.39 is 6.09 Å². The lowest BCUT2D eigenvalue weighted by Crippen LogP contribution is -3.05. The van der Waals surface area contributed by atoms with Gasteiger partial charge < -0.3 is 14.5 Å². The summed E-state index contributed by atoms with van der Waals surface area (Å²) in [5.41, 5.74) is 0.752. The summed E-state index contributed by atoms with van der Waals surface area (Å²) < 4.78 is 6.32. The highest BCUT2D eigenvalue weighted by molar-refractivity contribution is 5.75. The molecular formula is C14H20N4O4+2. The molecule has 0 radical (unpaired) electrons. The topological polar surface area (TPSA) is 80.7 Å². The molecule has 3 rings (SSSR count). The summed E-state index contributed by atoms with van der Waals surface area (Å²) in [6.07, 6.45) is 0.977. The standard InChI is InChI=1S/C14H19N4O4/c1-15-5-7-16(8-6-15)14(19)22-12-4-2-3-11-13(12)18(21)10-9-17(11)20/h2-4,10,20-21H,5-9H2,1H3/q+1/p+1. The predicted molar refractivity (Wildman–Crippen MR) is 76.6 cm³/mol. The number of carbonyl (C=O) groups is 1. The molecule has 1 amide bonds. The van der Waals surface area contributed by atoms with Crippen LogP contribution in [0.5, 0.6) is 5.75 Å². The van der Waals surface area contributed by atoms with E-state index in [4.69, 9.17) is 4.74 Å². The zero-order valence-corrected chi connectivity index (χ0v) is 12.4. The van der Waals surface area contributed by atoms with Gasteiger partial charge in [0, 0.05) is 37.0 Å². The molecule has 22 heavy (non-hydrogen) atoms. The quantitative estimate of drug-likeness (QED) is 0.479. The lowest BCUT2D eigenvalue weighted by atomic mass is 10.2. The highest BCUT2D eigenvalue weighted by Crippen LogP contribution is 2.33. The first-order chi connectivity index (χ1) is 10.6. The van der Waals surface area contributed by atoms with Crippen LogP contribution in [-0.4, -0.2) is 77.0 Å². The van der Waals surface area contributed by atoms with Gasteiger partial charge in [-0.15, -0.1) is 5.06 Å². The Morgan fingerprint density at radius 1 is 1.32 bits per heavy atom. The number of hydrogen-bond acceptors (Lipinski definition) is 5. The second-order valence-electron chi connectivity index (χ2n) is 5.49. The fourth-order valence-electron chi connectivity index (χ4n) is 2.60. The molecule has 118 valence electrons. The van der Waals surface area contributed by atoms with Gasteiger partial charge in [0.2, 0.25) is 11.4 Å². The molecule has 8 heteroatoms. The van der Waals surface area contributed by atoms with Gasteiger partial charge in [0.1, 0.15) is 0 Å². The maximum atomic E-state index is 12.3. The van der Waals surface area contributed by atoms with E-state index in [0.717, 1.165) is 17.8 Å². The Morgan fingerprint density at radius 3 is 2.77 bits per heavy atom. The van der Waals surface area contributed by atoms with E-state index in [2.05, 4.69) is 4.90 Å². The van der Waals surface area contributed by atoms with E-state index in [0.29, 0.717) is 18.8 Å². The number of nitrogens with zero attached hydrogens (tertiary/aromatic N) is 3. The van der Waals surface area contributed by atoms with E-state index in [-0.39, 0.29) is 23.0 Å². The van der Waals surface area contributed by atoms with E-state index in [1.54, 1.807) is 23.1 Å². The maximum Gasteiger partial charge on any atom is 0.415 e. The van der Waals surface area contributed by atoms with Crippen LogP contribution in [0.3, 0.4) is 0 Å². The van der Waals surface area contributed by atoms with Crippen LogP contribution in [-0.2, 0) is 0 Å². The molecule has 3 N–H and O–H groups in total. The van der Waals surface area contributed by atoms with Gasteiger partial charge in [0.15, 0.2) is 6.54 Å². The molecule has 0 aliphatic carbocycles. The van der Waals surface area contributed by atoms with Crippen molar-refractivity contribution in [3.8, 4) is 5.75 Å². The van der Waals surface area contributed by atoms with Crippen molar-refractivity contribution in [2.24, 2.45) is 0 Å². The van der Waals surface area contributed by atoms with Gasteiger partial charge in [-0.3, -0.25) is 5.21 Å². The van der Waals surface area contributed by atoms with E-state index in [9.17, 15) is 15.2 Å². The van der Waals surface area contributed by atoms with Gasteiger partial charge in [-0.2, -0.15) is 0 Å². The van der Waals surface area contributed by atoms with Crippen LogP contribution >= 0.6 is 0 Å². The molecule has 1 fully saturated rings. The zero-order chi connectivity index (χ0) is 15.7. The number of hydrogen-bond donors (Lipinski definition) is 3. The third kappa shape index (κ3) is 2.76. The van der Waals surface area contributed by atoms with Crippen molar-refractivity contribution < 1.29 is 29.7 Å². The van der Waals surface area contributed by atoms with Crippen LogP contribution in [0.25, 0.3) is 0 Å². The van der Waals surface area contributed by atoms with E-state index in [1.165, 1.54) is 6.21 Å². The first kappa shape index (κ1) is 14.8. The number of ether oxygens (including phenoxy) is 1. The first-order valence-corrected chi connectivity index (χ1v) is 7.21. The lowest BCUT2D eigenvalue weighted by Gasteiger charge is -2.31. The third-order valence-electron chi connectivity index (χ3n) is 3.96. The van der Waals surface area contributed by atoms with Crippen LogP contribution in [0.15, 0.2) is 18.2 Å². The Hall–Kier alpha value is -2.16. The fourth-order valence-corrected chi connectivity index (χ4v) is 2.60. The third-order valence-corrected chi connectivity index (χ3v) is 3.96. The SMILES string of the molecule is CN1CCN(C(=O)Oc2cccc3c2[N+](O)=CC[NH+]3O)CC1. The molecule has 2 aliphatic rings. The van der Waals surface area contributed by atoms with Crippen LogP contribution in [0.1, 0.15) is 0 Å². The van der Waals surface area contributed by atoms with Crippen LogP contribution in [0.4, 0.5) is 16.2 Å². The van der Waals surface area contributed by atoms with Crippen molar-refractivity contribution in [2.45, 2.75) is 0 Å². The first-order valence-electron chi connectivity index (χ1n) is 7.21. The largest absolute Gasteiger partial charge is 0.415 e. The second kappa shape index (κ2) is 5.91. The molecule has 0 saturated carbocycles. The zero-order valence-electron chi connectivity index (χ0n) is 12.4. The van der Waals surface area contributed by atoms with E-state index in [1.807, 2.05) is 7.05 Å². The van der Waals surface area contributed by atoms with Gasteiger partial charge in [-0.1, -0.05) is 6.07 Å². The Morgan fingerprint density at radius 2 is 2.05 bits per heavy atom. The Bertz CT molecular complexity index is 611. The van der Waals surface area contributed by atoms with Crippen molar-refractivity contribution in [1.82, 2.24) is 9.80 Å². The van der Waals surface area contributed by atoms with Crippen LogP contribution < -0.4 is 9.80 Å². The van der Waals surface area contributed by atoms with Crippen molar-refractivity contribution in [1.29, 1.82) is 0 Å². The molecule has 2 aliphatic heterocycles. The molecular weight excluding hydrogens is 288 g/mol. The molecule has 1 unspecified atom stereocenters. The molecule has 1 saturated heterocycles. The minimum Gasteiger partial charge on any atom is -0.403 e. The average Bonchev–Trinajstić information content (AvgIpc) is 2.52. The minimum atomic E-state index is -0.444. The fraction of sp³-hybridized carbons (Fsp3) is 0.429. The molecule has 8 nitrogen and oxygen atoms in total. The maximum absolute atomic E-state index is 12.3. The highest BCUT2D eigenvalue weighted by atomic mass is 16.6. The summed E-state index contributed by atoms with van der Waals surface area (Å²) in [5, 5.41) is 20.0. The van der Waals surface area contributed by atoms with Crippen LogP contribution in [0.2, 0.25) is 0 Å². The number of rotatable bonds is 1. The van der Waals surface area contributed by atoms with E-state index >= 15 is 0 Å². The Kier molecular flexibility index (Phi) is 3.97. The highest BCUT2D eigenvalue weighted by Gasteiger charge is 2.35. The summed E-state index contributed by atoms with van der Waals surface area (Å²) in [6, 6.07) is 4.96. The number of piperazine rings is 1. The molecule has 0 spiro atoms.